The second kappa shape index (κ2) is 6.61. The highest BCUT2D eigenvalue weighted by Crippen LogP contribution is 2.14. The average molecular weight is 293 g/mol. The number of nitrogens with one attached hydrogen (secondary N) is 1. The van der Waals surface area contributed by atoms with Crippen molar-refractivity contribution in [3.63, 3.8) is 0 Å². The molecule has 0 saturated carbocycles. The molecule has 0 aromatic heterocycles. The Balaban J connectivity index is 1.96. The fourth-order valence-corrected chi connectivity index (χ4v) is 2.69. The van der Waals surface area contributed by atoms with Crippen LogP contribution in [0.2, 0.25) is 0 Å². The molecule has 1 fully saturated rings. The molecule has 1 saturated heterocycles. The van der Waals surface area contributed by atoms with Crippen molar-refractivity contribution < 1.29 is 4.79 Å². The summed E-state index contributed by atoms with van der Waals surface area (Å²) in [6, 6.07) is 6.03. The third-order valence-electron chi connectivity index (χ3n) is 3.94. The van der Waals surface area contributed by atoms with Crippen molar-refractivity contribution >= 4 is 18.5 Å². The average Bonchev–Trinajstić information content (AvgIpc) is 2.42. The predicted octanol–water partition coefficient (Wildman–Crippen LogP) is 1.26. The molecule has 110 valence electrons. The SMILES string of the molecule is Cc1ccc(S)cc1C(=O)NCC1CN(C)CCN1C. The summed E-state index contributed by atoms with van der Waals surface area (Å²) < 4.78 is 0. The first-order valence-electron chi connectivity index (χ1n) is 6.94. The minimum Gasteiger partial charge on any atom is -0.350 e. The Kier molecular flexibility index (Phi) is 5.07. The van der Waals surface area contributed by atoms with Gasteiger partial charge >= 0.3 is 0 Å². The lowest BCUT2D eigenvalue weighted by atomic mass is 10.1. The molecule has 0 aliphatic carbocycles. The van der Waals surface area contributed by atoms with E-state index in [2.05, 4.69) is 41.8 Å². The van der Waals surface area contributed by atoms with Gasteiger partial charge in [0.25, 0.3) is 5.91 Å². The molecule has 5 heteroatoms. The number of likely N-dealkylation sites (N-methyl/N-ethyl adjacent to an activating group) is 2. The van der Waals surface area contributed by atoms with Crippen LogP contribution >= 0.6 is 12.6 Å². The van der Waals surface area contributed by atoms with Gasteiger partial charge in [0.05, 0.1) is 0 Å². The molecule has 20 heavy (non-hydrogen) atoms. The van der Waals surface area contributed by atoms with E-state index in [4.69, 9.17) is 0 Å². The summed E-state index contributed by atoms with van der Waals surface area (Å²) in [6.07, 6.45) is 0. The molecule has 0 bridgehead atoms. The van der Waals surface area contributed by atoms with E-state index in [1.54, 1.807) is 0 Å². The second-order valence-electron chi connectivity index (χ2n) is 5.61. The van der Waals surface area contributed by atoms with Gasteiger partial charge in [-0.1, -0.05) is 6.07 Å². The molecule has 1 aromatic rings. The quantitative estimate of drug-likeness (QED) is 0.824. The van der Waals surface area contributed by atoms with Crippen LogP contribution in [0.3, 0.4) is 0 Å². The number of amides is 1. The van der Waals surface area contributed by atoms with E-state index in [1.807, 2.05) is 25.1 Å². The fraction of sp³-hybridized carbons (Fsp3) is 0.533. The lowest BCUT2D eigenvalue weighted by Gasteiger charge is -2.37. The molecular weight excluding hydrogens is 270 g/mol. The van der Waals surface area contributed by atoms with Gasteiger partial charge in [-0.3, -0.25) is 9.69 Å². The van der Waals surface area contributed by atoms with Gasteiger partial charge in [0, 0.05) is 42.7 Å². The number of rotatable bonds is 3. The largest absolute Gasteiger partial charge is 0.350 e. The zero-order chi connectivity index (χ0) is 14.7. The number of benzene rings is 1. The molecular formula is C15H23N3OS. The molecule has 4 nitrogen and oxygen atoms in total. The van der Waals surface area contributed by atoms with Crippen LogP contribution in [0.5, 0.6) is 0 Å². The van der Waals surface area contributed by atoms with E-state index >= 15 is 0 Å². The molecule has 1 unspecified atom stereocenters. The molecule has 1 N–H and O–H groups in total. The normalized spacial score (nSPS) is 20.9. The molecule has 0 radical (unpaired) electrons. The Hall–Kier alpha value is -1.04. The van der Waals surface area contributed by atoms with Gasteiger partial charge in [-0.05, 0) is 38.7 Å². The van der Waals surface area contributed by atoms with Crippen LogP contribution in [0.25, 0.3) is 0 Å². The summed E-state index contributed by atoms with van der Waals surface area (Å²) in [5.41, 5.74) is 1.69. The van der Waals surface area contributed by atoms with Gasteiger partial charge in [0.2, 0.25) is 0 Å². The minimum absolute atomic E-state index is 0.0139. The zero-order valence-electron chi connectivity index (χ0n) is 12.4. The maximum absolute atomic E-state index is 12.3. The smallest absolute Gasteiger partial charge is 0.251 e. The summed E-state index contributed by atoms with van der Waals surface area (Å²) in [5.74, 6) is -0.0139. The van der Waals surface area contributed by atoms with Gasteiger partial charge < -0.3 is 10.2 Å². The topological polar surface area (TPSA) is 35.6 Å². The summed E-state index contributed by atoms with van der Waals surface area (Å²) >= 11 is 4.30. The molecule has 0 spiro atoms. The molecule has 1 amide bonds. The number of hydrogen-bond acceptors (Lipinski definition) is 4. The summed E-state index contributed by atoms with van der Waals surface area (Å²) in [5, 5.41) is 3.05. The van der Waals surface area contributed by atoms with E-state index < -0.39 is 0 Å². The minimum atomic E-state index is -0.0139. The first-order valence-corrected chi connectivity index (χ1v) is 7.38. The second-order valence-corrected chi connectivity index (χ2v) is 6.12. The van der Waals surface area contributed by atoms with Crippen molar-refractivity contribution in [2.45, 2.75) is 17.9 Å². The number of thiol groups is 1. The molecule has 2 rings (SSSR count). The summed E-state index contributed by atoms with van der Waals surface area (Å²) in [6.45, 7) is 5.74. The van der Waals surface area contributed by atoms with Crippen LogP contribution in [0.4, 0.5) is 0 Å². The third kappa shape index (κ3) is 3.75. The number of carbonyl (C=O) groups is 1. The van der Waals surface area contributed by atoms with E-state index in [-0.39, 0.29) is 5.91 Å². The Morgan fingerprint density at radius 1 is 1.40 bits per heavy atom. The zero-order valence-corrected chi connectivity index (χ0v) is 13.3. The molecule has 1 aliphatic heterocycles. The highest BCUT2D eigenvalue weighted by Gasteiger charge is 2.22. The standard InChI is InChI=1S/C15H23N3OS/c1-11-4-5-13(20)8-14(11)15(19)16-9-12-10-17(2)6-7-18(12)3/h4-5,8,12,20H,6-7,9-10H2,1-3H3,(H,16,19). The Labute approximate surface area is 126 Å². The monoisotopic (exact) mass is 293 g/mol. The van der Waals surface area contributed by atoms with Crippen molar-refractivity contribution in [3.05, 3.63) is 29.3 Å². The highest BCUT2D eigenvalue weighted by atomic mass is 32.1. The summed E-state index contributed by atoms with van der Waals surface area (Å²) in [4.78, 5) is 17.7. The van der Waals surface area contributed by atoms with Crippen LogP contribution in [0, 0.1) is 6.92 Å². The van der Waals surface area contributed by atoms with E-state index in [0.717, 1.165) is 30.1 Å². The molecule has 1 atom stereocenters. The molecule has 1 aromatic carbocycles. The number of hydrogen-bond donors (Lipinski definition) is 2. The van der Waals surface area contributed by atoms with Crippen molar-refractivity contribution in [1.29, 1.82) is 0 Å². The lowest BCUT2D eigenvalue weighted by molar-refractivity contribution is 0.0880. The maximum Gasteiger partial charge on any atom is 0.251 e. The van der Waals surface area contributed by atoms with E-state index in [1.165, 1.54) is 0 Å². The predicted molar refractivity (Wildman–Crippen MR) is 84.7 cm³/mol. The molecule has 1 aliphatic rings. The van der Waals surface area contributed by atoms with Gasteiger partial charge in [-0.2, -0.15) is 0 Å². The lowest BCUT2D eigenvalue weighted by Crippen LogP contribution is -2.54. The fourth-order valence-electron chi connectivity index (χ4n) is 2.48. The van der Waals surface area contributed by atoms with Crippen LogP contribution in [0.15, 0.2) is 23.1 Å². The van der Waals surface area contributed by atoms with Crippen molar-refractivity contribution in [3.8, 4) is 0 Å². The van der Waals surface area contributed by atoms with Gasteiger partial charge in [0.1, 0.15) is 0 Å². The van der Waals surface area contributed by atoms with Gasteiger partial charge in [0.15, 0.2) is 0 Å². The van der Waals surface area contributed by atoms with E-state index in [0.29, 0.717) is 18.2 Å². The van der Waals surface area contributed by atoms with Crippen LogP contribution in [-0.2, 0) is 0 Å². The Bertz CT molecular complexity index is 492. The van der Waals surface area contributed by atoms with Crippen LogP contribution < -0.4 is 5.32 Å². The Morgan fingerprint density at radius 2 is 2.15 bits per heavy atom. The van der Waals surface area contributed by atoms with Crippen LogP contribution in [0.1, 0.15) is 15.9 Å². The number of aryl methyl sites for hydroxylation is 1. The third-order valence-corrected chi connectivity index (χ3v) is 4.22. The van der Waals surface area contributed by atoms with Crippen LogP contribution in [-0.4, -0.2) is 62.0 Å². The number of carbonyl (C=O) groups excluding carboxylic acids is 1. The van der Waals surface area contributed by atoms with Crippen molar-refractivity contribution in [2.24, 2.45) is 0 Å². The highest BCUT2D eigenvalue weighted by molar-refractivity contribution is 7.80. The van der Waals surface area contributed by atoms with Gasteiger partial charge in [-0.25, -0.2) is 0 Å². The first-order chi connectivity index (χ1) is 9.47. The molecule has 1 heterocycles. The van der Waals surface area contributed by atoms with E-state index in [9.17, 15) is 4.79 Å². The van der Waals surface area contributed by atoms with Crippen molar-refractivity contribution in [1.82, 2.24) is 15.1 Å². The van der Waals surface area contributed by atoms with Crippen molar-refractivity contribution in [2.75, 3.05) is 40.3 Å². The first kappa shape index (κ1) is 15.4. The Morgan fingerprint density at radius 3 is 2.90 bits per heavy atom. The maximum atomic E-state index is 12.3. The number of nitrogens with zero attached hydrogens (tertiary/aromatic N) is 2. The van der Waals surface area contributed by atoms with Gasteiger partial charge in [-0.15, -0.1) is 12.6 Å². The number of piperazine rings is 1. The summed E-state index contributed by atoms with van der Waals surface area (Å²) in [7, 11) is 4.24.